The molecule has 1 aliphatic heterocycles. The normalized spacial score (nSPS) is 16.9. The van der Waals surface area contributed by atoms with Crippen LogP contribution in [0.2, 0.25) is 0 Å². The summed E-state index contributed by atoms with van der Waals surface area (Å²) in [5.74, 6) is -0.0186. The summed E-state index contributed by atoms with van der Waals surface area (Å²) < 4.78 is 0. The molecular weight excluding hydrogens is 212 g/mol. The number of anilines is 1. The summed E-state index contributed by atoms with van der Waals surface area (Å²) in [5, 5.41) is 0. The fourth-order valence-electron chi connectivity index (χ4n) is 2.02. The van der Waals surface area contributed by atoms with Crippen LogP contribution in [0.15, 0.2) is 36.9 Å². The fraction of sp³-hybridized carbons (Fsp3) is 0.357. The van der Waals surface area contributed by atoms with Gasteiger partial charge >= 0.3 is 0 Å². The molecule has 0 saturated carbocycles. The molecule has 17 heavy (non-hydrogen) atoms. The zero-order valence-corrected chi connectivity index (χ0v) is 10.2. The van der Waals surface area contributed by atoms with Gasteiger partial charge in [-0.15, -0.1) is 0 Å². The Bertz CT molecular complexity index is 403. The summed E-state index contributed by atoms with van der Waals surface area (Å²) >= 11 is 0. The van der Waals surface area contributed by atoms with Crippen LogP contribution in [-0.2, 0) is 0 Å². The highest BCUT2D eigenvalue weighted by Gasteiger charge is 2.14. The van der Waals surface area contributed by atoms with Gasteiger partial charge in [-0.25, -0.2) is 0 Å². The Morgan fingerprint density at radius 2 is 1.76 bits per heavy atom. The van der Waals surface area contributed by atoms with Gasteiger partial charge in [-0.05, 0) is 37.4 Å². The Balaban J connectivity index is 2.07. The van der Waals surface area contributed by atoms with E-state index >= 15 is 0 Å². The van der Waals surface area contributed by atoms with E-state index in [2.05, 4.69) is 23.4 Å². The molecule has 0 unspecified atom stereocenters. The molecule has 90 valence electrons. The second-order valence-corrected chi connectivity index (χ2v) is 4.41. The number of hydrogen-bond donors (Lipinski definition) is 0. The molecule has 0 amide bonds. The summed E-state index contributed by atoms with van der Waals surface area (Å²) in [6.45, 7) is 7.77. The van der Waals surface area contributed by atoms with Gasteiger partial charge in [-0.3, -0.25) is 4.79 Å². The summed E-state index contributed by atoms with van der Waals surface area (Å²) in [6.07, 6.45) is 1.35. The predicted molar refractivity (Wildman–Crippen MR) is 70.7 cm³/mol. The zero-order chi connectivity index (χ0) is 12.3. The minimum atomic E-state index is -0.0186. The molecule has 1 aromatic rings. The fourth-order valence-corrected chi connectivity index (χ4v) is 2.02. The Kier molecular flexibility index (Phi) is 3.59. The Labute approximate surface area is 102 Å². The number of benzene rings is 1. The molecule has 0 N–H and O–H groups in total. The number of hydrogen-bond acceptors (Lipinski definition) is 3. The van der Waals surface area contributed by atoms with E-state index in [1.807, 2.05) is 24.3 Å². The summed E-state index contributed by atoms with van der Waals surface area (Å²) in [4.78, 5) is 16.1. The van der Waals surface area contributed by atoms with E-state index in [9.17, 15) is 4.79 Å². The second-order valence-electron chi connectivity index (χ2n) is 4.41. The molecule has 0 bridgehead atoms. The first-order valence-corrected chi connectivity index (χ1v) is 5.91. The van der Waals surface area contributed by atoms with Gasteiger partial charge in [0.25, 0.3) is 0 Å². The Morgan fingerprint density at radius 1 is 1.18 bits per heavy atom. The van der Waals surface area contributed by atoms with Crippen molar-refractivity contribution in [2.45, 2.75) is 0 Å². The molecule has 1 fully saturated rings. The lowest BCUT2D eigenvalue weighted by atomic mass is 10.1. The highest BCUT2D eigenvalue weighted by Crippen LogP contribution is 2.17. The minimum Gasteiger partial charge on any atom is -0.369 e. The highest BCUT2D eigenvalue weighted by molar-refractivity contribution is 6.04. The van der Waals surface area contributed by atoms with Crippen molar-refractivity contribution < 1.29 is 4.79 Å². The van der Waals surface area contributed by atoms with Gasteiger partial charge in [0.15, 0.2) is 5.78 Å². The number of carbonyl (C=O) groups is 1. The van der Waals surface area contributed by atoms with E-state index in [0.29, 0.717) is 5.56 Å². The third-order valence-corrected chi connectivity index (χ3v) is 3.21. The van der Waals surface area contributed by atoms with Gasteiger partial charge in [0.2, 0.25) is 0 Å². The maximum atomic E-state index is 11.4. The van der Waals surface area contributed by atoms with E-state index in [4.69, 9.17) is 0 Å². The molecule has 3 heteroatoms. The number of rotatable bonds is 3. The van der Waals surface area contributed by atoms with Crippen LogP contribution < -0.4 is 4.90 Å². The first-order chi connectivity index (χ1) is 8.20. The van der Waals surface area contributed by atoms with Crippen LogP contribution in [0.3, 0.4) is 0 Å². The van der Waals surface area contributed by atoms with Crippen LogP contribution in [-0.4, -0.2) is 43.9 Å². The van der Waals surface area contributed by atoms with E-state index in [1.54, 1.807) is 0 Å². The van der Waals surface area contributed by atoms with Crippen LogP contribution in [0, 0.1) is 0 Å². The van der Waals surface area contributed by atoms with Crippen molar-refractivity contribution in [3.8, 4) is 0 Å². The van der Waals surface area contributed by atoms with Gasteiger partial charge < -0.3 is 9.80 Å². The molecular formula is C14H18N2O. The van der Waals surface area contributed by atoms with Crippen molar-refractivity contribution in [1.29, 1.82) is 0 Å². The second kappa shape index (κ2) is 5.15. The lowest BCUT2D eigenvalue weighted by Gasteiger charge is -2.34. The summed E-state index contributed by atoms with van der Waals surface area (Å²) in [7, 11) is 2.14. The molecule has 1 aliphatic rings. The first-order valence-electron chi connectivity index (χ1n) is 5.91. The van der Waals surface area contributed by atoms with E-state index in [0.717, 1.165) is 26.2 Å². The molecule has 3 nitrogen and oxygen atoms in total. The van der Waals surface area contributed by atoms with Crippen LogP contribution in [0.5, 0.6) is 0 Å². The number of allylic oxidation sites excluding steroid dienone is 1. The van der Waals surface area contributed by atoms with Gasteiger partial charge in [0, 0.05) is 37.4 Å². The lowest BCUT2D eigenvalue weighted by molar-refractivity contribution is 0.104. The predicted octanol–water partition coefficient (Wildman–Crippen LogP) is 1.81. The van der Waals surface area contributed by atoms with Crippen molar-refractivity contribution in [3.05, 3.63) is 42.5 Å². The van der Waals surface area contributed by atoms with E-state index in [1.165, 1.54) is 11.8 Å². The van der Waals surface area contributed by atoms with Crippen molar-refractivity contribution in [2.75, 3.05) is 38.1 Å². The van der Waals surface area contributed by atoms with Gasteiger partial charge in [0.1, 0.15) is 0 Å². The molecule has 0 aromatic heterocycles. The topological polar surface area (TPSA) is 23.6 Å². The number of piperazine rings is 1. The average molecular weight is 230 g/mol. The van der Waals surface area contributed by atoms with Crippen LogP contribution in [0.1, 0.15) is 10.4 Å². The Morgan fingerprint density at radius 3 is 2.29 bits per heavy atom. The highest BCUT2D eigenvalue weighted by atomic mass is 16.1. The minimum absolute atomic E-state index is 0.0186. The van der Waals surface area contributed by atoms with Crippen LogP contribution in [0.4, 0.5) is 5.69 Å². The smallest absolute Gasteiger partial charge is 0.185 e. The largest absolute Gasteiger partial charge is 0.369 e. The Hall–Kier alpha value is -1.61. The first kappa shape index (κ1) is 11.9. The standard InChI is InChI=1S/C14H18N2O/c1-3-14(17)12-4-6-13(7-5-12)16-10-8-15(2)9-11-16/h3-7H,1,8-11H2,2H3. The molecule has 2 rings (SSSR count). The maximum absolute atomic E-state index is 11.4. The number of ketones is 1. The molecule has 1 heterocycles. The molecule has 1 saturated heterocycles. The third-order valence-electron chi connectivity index (χ3n) is 3.21. The quantitative estimate of drug-likeness (QED) is 0.584. The molecule has 0 atom stereocenters. The van der Waals surface area contributed by atoms with Crippen molar-refractivity contribution in [3.63, 3.8) is 0 Å². The molecule has 0 aliphatic carbocycles. The van der Waals surface area contributed by atoms with Gasteiger partial charge in [-0.2, -0.15) is 0 Å². The van der Waals surface area contributed by atoms with Gasteiger partial charge in [0.05, 0.1) is 0 Å². The van der Waals surface area contributed by atoms with Crippen molar-refractivity contribution >= 4 is 11.5 Å². The monoisotopic (exact) mass is 230 g/mol. The van der Waals surface area contributed by atoms with E-state index in [-0.39, 0.29) is 5.78 Å². The molecule has 1 aromatic carbocycles. The molecule has 0 radical (unpaired) electrons. The summed E-state index contributed by atoms with van der Waals surface area (Å²) in [5.41, 5.74) is 1.90. The maximum Gasteiger partial charge on any atom is 0.185 e. The molecule has 0 spiro atoms. The average Bonchev–Trinajstić information content (AvgIpc) is 2.39. The zero-order valence-electron chi connectivity index (χ0n) is 10.2. The van der Waals surface area contributed by atoms with Gasteiger partial charge in [-0.1, -0.05) is 6.58 Å². The summed E-state index contributed by atoms with van der Waals surface area (Å²) in [6, 6.07) is 7.78. The van der Waals surface area contributed by atoms with Crippen LogP contribution in [0.25, 0.3) is 0 Å². The third kappa shape index (κ3) is 2.74. The number of nitrogens with zero attached hydrogens (tertiary/aromatic N) is 2. The SMILES string of the molecule is C=CC(=O)c1ccc(N2CCN(C)CC2)cc1. The van der Waals surface area contributed by atoms with Crippen molar-refractivity contribution in [2.24, 2.45) is 0 Å². The van der Waals surface area contributed by atoms with E-state index < -0.39 is 0 Å². The van der Waals surface area contributed by atoms with Crippen LogP contribution >= 0.6 is 0 Å². The number of carbonyl (C=O) groups excluding carboxylic acids is 1. The van der Waals surface area contributed by atoms with Crippen molar-refractivity contribution in [1.82, 2.24) is 4.90 Å². The number of likely N-dealkylation sites (N-methyl/N-ethyl adjacent to an activating group) is 1. The lowest BCUT2D eigenvalue weighted by Crippen LogP contribution is -2.44.